The molecular weight excluding hydrogens is 276 g/mol. The van der Waals surface area contributed by atoms with E-state index >= 15 is 0 Å². The van der Waals surface area contributed by atoms with Crippen LogP contribution in [0.2, 0.25) is 0 Å². The van der Waals surface area contributed by atoms with Crippen LogP contribution in [0.5, 0.6) is 0 Å². The van der Waals surface area contributed by atoms with E-state index in [0.29, 0.717) is 17.9 Å². The summed E-state index contributed by atoms with van der Waals surface area (Å²) in [6.07, 6.45) is 4.90. The lowest BCUT2D eigenvalue weighted by Crippen LogP contribution is -2.18. The molecule has 126 valence electrons. The van der Waals surface area contributed by atoms with E-state index in [0.717, 1.165) is 6.54 Å². The summed E-state index contributed by atoms with van der Waals surface area (Å²) >= 11 is 0. The minimum absolute atomic E-state index is 0.158. The fraction of sp³-hybridized carbons (Fsp3) is 0.444. The first-order valence-electron chi connectivity index (χ1n) is 7.28. The molecule has 4 nitrogen and oxygen atoms in total. The van der Waals surface area contributed by atoms with Gasteiger partial charge in [0.25, 0.3) is 0 Å². The molecule has 0 aromatic carbocycles. The fourth-order valence-corrected chi connectivity index (χ4v) is 0.924. The highest BCUT2D eigenvalue weighted by Crippen LogP contribution is 2.11. The van der Waals surface area contributed by atoms with Gasteiger partial charge in [-0.1, -0.05) is 52.3 Å². The van der Waals surface area contributed by atoms with Crippen LogP contribution in [0, 0.1) is 0 Å². The predicted octanol–water partition coefficient (Wildman–Crippen LogP) is 4.03. The first-order valence-corrected chi connectivity index (χ1v) is 7.28. The third-order valence-electron chi connectivity index (χ3n) is 2.01. The monoisotopic (exact) mass is 308 g/mol. The highest BCUT2D eigenvalue weighted by Gasteiger charge is 2.06. The first kappa shape index (κ1) is 25.0. The van der Waals surface area contributed by atoms with Crippen molar-refractivity contribution in [2.45, 2.75) is 27.2 Å². The van der Waals surface area contributed by atoms with Crippen molar-refractivity contribution in [3.05, 3.63) is 49.8 Å². The zero-order chi connectivity index (χ0) is 18.0. The second-order valence-corrected chi connectivity index (χ2v) is 4.11. The zero-order valence-corrected chi connectivity index (χ0v) is 14.9. The minimum Gasteiger partial charge on any atom is -0.493 e. The molecule has 0 saturated heterocycles. The van der Waals surface area contributed by atoms with Crippen LogP contribution in [0.4, 0.5) is 0 Å². The summed E-state index contributed by atoms with van der Waals surface area (Å²) in [5.74, 6) is 0.228. The molecule has 0 aromatic heterocycles. The molecule has 0 aliphatic rings. The largest absolute Gasteiger partial charge is 0.493 e. The van der Waals surface area contributed by atoms with E-state index in [2.05, 4.69) is 31.3 Å². The van der Waals surface area contributed by atoms with Crippen LogP contribution in [-0.2, 0) is 9.53 Å². The summed E-state index contributed by atoms with van der Waals surface area (Å²) in [6, 6.07) is 0. The number of carbonyl (C=O) groups excluding carboxylic acids is 1. The molecule has 22 heavy (non-hydrogen) atoms. The van der Waals surface area contributed by atoms with Crippen molar-refractivity contribution in [3.63, 3.8) is 0 Å². The molecule has 0 unspecified atom stereocenters. The van der Waals surface area contributed by atoms with Crippen molar-refractivity contribution in [2.75, 3.05) is 27.2 Å². The Morgan fingerprint density at radius 3 is 2.05 bits per heavy atom. The van der Waals surface area contributed by atoms with Crippen LogP contribution in [0.15, 0.2) is 54.8 Å². The normalized spacial score (nSPS) is 9.00. The summed E-state index contributed by atoms with van der Waals surface area (Å²) in [7, 11) is 3.92. The van der Waals surface area contributed by atoms with Gasteiger partial charge in [0.1, 0.15) is 12.4 Å². The molecule has 0 saturated carbocycles. The lowest BCUT2D eigenvalue weighted by Gasteiger charge is -2.13. The van der Waals surface area contributed by atoms with E-state index in [-0.39, 0.29) is 12.3 Å². The smallest absolute Gasteiger partial charge is 0.249 e. The molecule has 4 heteroatoms. The van der Waals surface area contributed by atoms with E-state index in [9.17, 15) is 4.79 Å². The van der Waals surface area contributed by atoms with Crippen molar-refractivity contribution < 1.29 is 9.53 Å². The van der Waals surface area contributed by atoms with Gasteiger partial charge in [0.15, 0.2) is 0 Å². The Balaban J connectivity index is -0.000000516. The Bertz CT molecular complexity index is 363. The third kappa shape index (κ3) is 20.4. The third-order valence-corrected chi connectivity index (χ3v) is 2.01. The number of rotatable bonds is 8. The van der Waals surface area contributed by atoms with Crippen molar-refractivity contribution in [1.82, 2.24) is 4.90 Å². The van der Waals surface area contributed by atoms with Crippen LogP contribution in [0.1, 0.15) is 27.2 Å². The number of aliphatic imine (C=N–C) groups is 1. The molecule has 0 spiro atoms. The van der Waals surface area contributed by atoms with Crippen LogP contribution in [0.25, 0.3) is 0 Å². The fourth-order valence-electron chi connectivity index (χ4n) is 0.924. The van der Waals surface area contributed by atoms with Gasteiger partial charge in [0, 0.05) is 12.8 Å². The Labute approximate surface area is 136 Å². The lowest BCUT2D eigenvalue weighted by molar-refractivity contribution is -0.117. The van der Waals surface area contributed by atoms with Crippen LogP contribution in [0.3, 0.4) is 0 Å². The highest BCUT2D eigenvalue weighted by atomic mass is 16.5. The molecular formula is C18H32N2O2. The zero-order valence-electron chi connectivity index (χ0n) is 14.9. The van der Waals surface area contributed by atoms with Crippen LogP contribution < -0.4 is 0 Å². The van der Waals surface area contributed by atoms with Crippen molar-refractivity contribution in [1.29, 1.82) is 0 Å². The van der Waals surface area contributed by atoms with E-state index < -0.39 is 0 Å². The molecule has 0 N–H and O–H groups in total. The molecule has 0 aromatic rings. The Morgan fingerprint density at radius 2 is 1.68 bits per heavy atom. The Hall–Kier alpha value is -1.94. The average Bonchev–Trinajstić information content (AvgIpc) is 2.49. The Kier molecular flexibility index (Phi) is 21.7. The van der Waals surface area contributed by atoms with Gasteiger partial charge in [0.05, 0.1) is 6.42 Å². The van der Waals surface area contributed by atoms with E-state index in [4.69, 9.17) is 4.74 Å². The highest BCUT2D eigenvalue weighted by molar-refractivity contribution is 5.86. The second kappa shape index (κ2) is 19.1. The summed E-state index contributed by atoms with van der Waals surface area (Å²) < 4.78 is 5.35. The van der Waals surface area contributed by atoms with E-state index in [1.807, 2.05) is 32.8 Å². The van der Waals surface area contributed by atoms with Gasteiger partial charge in [-0.25, -0.2) is 4.99 Å². The number of ether oxygens (including phenoxy) is 1. The molecule has 0 radical (unpaired) electrons. The molecule has 0 aliphatic heterocycles. The summed E-state index contributed by atoms with van der Waals surface area (Å²) in [6.45, 7) is 21.2. The van der Waals surface area contributed by atoms with Gasteiger partial charge in [0.2, 0.25) is 5.91 Å². The Morgan fingerprint density at radius 1 is 1.18 bits per heavy atom. The first-order chi connectivity index (χ1) is 10.4. The number of hydrogen-bond acceptors (Lipinski definition) is 3. The molecule has 0 bridgehead atoms. The maximum atomic E-state index is 11.2. The lowest BCUT2D eigenvalue weighted by atomic mass is 10.2. The number of amides is 1. The molecule has 0 fully saturated rings. The summed E-state index contributed by atoms with van der Waals surface area (Å²) in [5, 5.41) is 0. The maximum Gasteiger partial charge on any atom is 0.249 e. The van der Waals surface area contributed by atoms with Gasteiger partial charge >= 0.3 is 0 Å². The quantitative estimate of drug-likeness (QED) is 0.386. The number of nitrogens with zero attached hydrogens (tertiary/aromatic N) is 2. The summed E-state index contributed by atoms with van der Waals surface area (Å²) in [4.78, 5) is 16.8. The molecule has 0 atom stereocenters. The second-order valence-electron chi connectivity index (χ2n) is 4.11. The van der Waals surface area contributed by atoms with Crippen LogP contribution in [-0.4, -0.2) is 44.3 Å². The SMILES string of the molecule is C=C(CC(=O)N=CC)C(=C)OCCN(C)C.C=CC=C.CC. The van der Waals surface area contributed by atoms with Gasteiger partial charge in [-0.15, -0.1) is 0 Å². The van der Waals surface area contributed by atoms with Gasteiger partial charge < -0.3 is 9.64 Å². The minimum atomic E-state index is -0.232. The predicted molar refractivity (Wildman–Crippen MR) is 98.3 cm³/mol. The van der Waals surface area contributed by atoms with E-state index in [1.54, 1.807) is 19.1 Å². The standard InChI is InChI=1S/C12H20N2O2.C4H6.C2H6/c1-6-13-12(15)9-10(2)11(3)16-8-7-14(4)5;1-3-4-2;1-2/h6H,2-3,7-9H2,1,4-5H3;3-4H,1-2H2;1-2H3. The van der Waals surface area contributed by atoms with Crippen LogP contribution >= 0.6 is 0 Å². The number of likely N-dealkylation sites (N-methyl/N-ethyl adjacent to an activating group) is 1. The van der Waals surface area contributed by atoms with Crippen molar-refractivity contribution >= 4 is 12.1 Å². The van der Waals surface area contributed by atoms with Gasteiger partial charge in [-0.2, -0.15) is 0 Å². The van der Waals surface area contributed by atoms with Gasteiger partial charge in [-0.05, 0) is 26.6 Å². The average molecular weight is 308 g/mol. The number of hydrogen-bond donors (Lipinski definition) is 0. The topological polar surface area (TPSA) is 41.9 Å². The van der Waals surface area contributed by atoms with E-state index in [1.165, 1.54) is 6.21 Å². The maximum absolute atomic E-state index is 11.2. The van der Waals surface area contributed by atoms with Gasteiger partial charge in [-0.3, -0.25) is 4.79 Å². The van der Waals surface area contributed by atoms with Crippen molar-refractivity contribution in [3.8, 4) is 0 Å². The molecule has 0 aliphatic carbocycles. The van der Waals surface area contributed by atoms with Crippen molar-refractivity contribution in [2.24, 2.45) is 4.99 Å². The summed E-state index contributed by atoms with van der Waals surface area (Å²) in [5.41, 5.74) is 0.578. The number of carbonyl (C=O) groups is 1. The molecule has 0 rings (SSSR count). The molecule has 1 amide bonds. The molecule has 0 heterocycles. The number of allylic oxidation sites excluding steroid dienone is 3.